The maximum atomic E-state index is 12.7. The Morgan fingerprint density at radius 3 is 2.43 bits per heavy atom. The van der Waals surface area contributed by atoms with E-state index >= 15 is 0 Å². The van der Waals surface area contributed by atoms with E-state index in [4.69, 9.17) is 0 Å². The van der Waals surface area contributed by atoms with Crippen molar-refractivity contribution in [2.75, 3.05) is 25.0 Å². The van der Waals surface area contributed by atoms with Gasteiger partial charge in [-0.1, -0.05) is 12.8 Å². The van der Waals surface area contributed by atoms with E-state index in [1.807, 2.05) is 6.92 Å². The molecule has 1 saturated carbocycles. The lowest BCUT2D eigenvalue weighted by atomic mass is 10.1. The van der Waals surface area contributed by atoms with Crippen molar-refractivity contribution in [1.29, 1.82) is 0 Å². The van der Waals surface area contributed by atoms with Gasteiger partial charge >= 0.3 is 6.03 Å². The molecule has 0 atom stereocenters. The van der Waals surface area contributed by atoms with Gasteiger partial charge in [-0.15, -0.1) is 0 Å². The number of amides is 4. The highest BCUT2D eigenvalue weighted by Gasteiger charge is 2.27. The molecule has 0 spiro atoms. The molecule has 1 aromatic rings. The Balaban J connectivity index is 1.56. The van der Waals surface area contributed by atoms with Crippen LogP contribution < -0.4 is 16.0 Å². The second kappa shape index (κ2) is 9.48. The number of hydrogen-bond acceptors (Lipinski definition) is 5. The number of piperidine rings is 1. The maximum absolute atomic E-state index is 12.7. The first-order valence-electron chi connectivity index (χ1n) is 10.0. The number of carbonyl (C=O) groups excluding carboxylic acids is 3. The third-order valence-electron chi connectivity index (χ3n) is 5.33. The van der Waals surface area contributed by atoms with E-state index < -0.39 is 0 Å². The van der Waals surface area contributed by atoms with Gasteiger partial charge in [-0.2, -0.15) is 0 Å². The summed E-state index contributed by atoms with van der Waals surface area (Å²) >= 11 is 0. The predicted molar refractivity (Wildman–Crippen MR) is 104 cm³/mol. The third-order valence-corrected chi connectivity index (χ3v) is 5.33. The Hall–Kier alpha value is -2.71. The van der Waals surface area contributed by atoms with Gasteiger partial charge in [0.05, 0.1) is 0 Å². The second-order valence-electron chi connectivity index (χ2n) is 7.29. The molecule has 152 valence electrons. The van der Waals surface area contributed by atoms with Crippen molar-refractivity contribution in [2.24, 2.45) is 5.92 Å². The van der Waals surface area contributed by atoms with Crippen LogP contribution in [0.1, 0.15) is 55.9 Å². The summed E-state index contributed by atoms with van der Waals surface area (Å²) in [6.45, 7) is 3.65. The van der Waals surface area contributed by atoms with E-state index in [1.54, 1.807) is 4.90 Å². The molecule has 0 unspecified atom stereocenters. The van der Waals surface area contributed by atoms with E-state index in [0.717, 1.165) is 25.7 Å². The van der Waals surface area contributed by atoms with Crippen LogP contribution in [0, 0.1) is 5.92 Å². The zero-order chi connectivity index (χ0) is 19.9. The first-order valence-corrected chi connectivity index (χ1v) is 10.0. The molecule has 9 heteroatoms. The average molecular weight is 388 g/mol. The molecule has 1 aliphatic heterocycles. The van der Waals surface area contributed by atoms with Crippen LogP contribution in [0.15, 0.2) is 12.4 Å². The van der Waals surface area contributed by atoms with Crippen LogP contribution in [0.25, 0.3) is 0 Å². The van der Waals surface area contributed by atoms with Crippen LogP contribution in [-0.2, 0) is 4.79 Å². The first kappa shape index (κ1) is 20.0. The van der Waals surface area contributed by atoms with Crippen LogP contribution in [0.5, 0.6) is 0 Å². The molecule has 3 N–H and O–H groups in total. The molecular formula is C19H28N6O3. The van der Waals surface area contributed by atoms with E-state index in [9.17, 15) is 14.4 Å². The molecule has 1 saturated heterocycles. The van der Waals surface area contributed by atoms with Gasteiger partial charge in [-0.05, 0) is 32.6 Å². The van der Waals surface area contributed by atoms with Gasteiger partial charge < -0.3 is 20.9 Å². The fourth-order valence-electron chi connectivity index (χ4n) is 3.75. The zero-order valence-electron chi connectivity index (χ0n) is 16.2. The summed E-state index contributed by atoms with van der Waals surface area (Å²) in [6, 6.07) is -0.114. The Kier molecular flexibility index (Phi) is 6.78. The number of hydrogen-bond donors (Lipinski definition) is 3. The van der Waals surface area contributed by atoms with Gasteiger partial charge in [0.1, 0.15) is 0 Å². The molecule has 28 heavy (non-hydrogen) atoms. The largest absolute Gasteiger partial charge is 0.348 e. The molecule has 2 aliphatic rings. The molecule has 4 amide bonds. The van der Waals surface area contributed by atoms with Gasteiger partial charge in [-0.25, -0.2) is 14.8 Å². The van der Waals surface area contributed by atoms with Crippen LogP contribution >= 0.6 is 0 Å². The number of rotatable bonds is 5. The Labute approximate surface area is 164 Å². The molecule has 3 rings (SSSR count). The maximum Gasteiger partial charge on any atom is 0.317 e. The smallest absolute Gasteiger partial charge is 0.317 e. The summed E-state index contributed by atoms with van der Waals surface area (Å²) in [5, 5.41) is 8.52. The SMILES string of the molecule is CCNC(=O)N1CCC(NC(=O)c2nccnc2NC(=O)C2CCCC2)CC1. The minimum Gasteiger partial charge on any atom is -0.348 e. The monoisotopic (exact) mass is 388 g/mol. The van der Waals surface area contributed by atoms with E-state index in [0.29, 0.717) is 32.5 Å². The molecule has 1 aliphatic carbocycles. The number of aromatic nitrogens is 2. The van der Waals surface area contributed by atoms with Crippen LogP contribution in [-0.4, -0.2) is 58.4 Å². The number of anilines is 1. The fraction of sp³-hybridized carbons (Fsp3) is 0.632. The number of likely N-dealkylation sites (tertiary alicyclic amines) is 1. The van der Waals surface area contributed by atoms with Gasteiger partial charge in [0, 0.05) is 44.0 Å². The van der Waals surface area contributed by atoms with Crippen molar-refractivity contribution in [1.82, 2.24) is 25.5 Å². The third kappa shape index (κ3) is 4.96. The number of urea groups is 1. The minimum absolute atomic E-state index is 0.0171. The summed E-state index contributed by atoms with van der Waals surface area (Å²) in [5.74, 6) is -0.262. The molecule has 2 heterocycles. The molecule has 1 aromatic heterocycles. The summed E-state index contributed by atoms with van der Waals surface area (Å²) in [5.41, 5.74) is 0.125. The molecular weight excluding hydrogens is 360 g/mol. The minimum atomic E-state index is -0.355. The molecule has 0 radical (unpaired) electrons. The predicted octanol–water partition coefficient (Wildman–Crippen LogP) is 1.53. The molecule has 2 fully saturated rings. The van der Waals surface area contributed by atoms with Crippen LogP contribution in [0.2, 0.25) is 0 Å². The van der Waals surface area contributed by atoms with Crippen molar-refractivity contribution in [2.45, 2.75) is 51.5 Å². The Bertz CT molecular complexity index is 711. The lowest BCUT2D eigenvalue weighted by Crippen LogP contribution is -2.49. The van der Waals surface area contributed by atoms with Crippen molar-refractivity contribution >= 4 is 23.7 Å². The van der Waals surface area contributed by atoms with Crippen LogP contribution in [0.4, 0.5) is 10.6 Å². The van der Waals surface area contributed by atoms with Crippen LogP contribution in [0.3, 0.4) is 0 Å². The van der Waals surface area contributed by atoms with Gasteiger partial charge in [-0.3, -0.25) is 9.59 Å². The Morgan fingerprint density at radius 2 is 1.75 bits per heavy atom. The highest BCUT2D eigenvalue weighted by Crippen LogP contribution is 2.26. The molecule has 0 aromatic carbocycles. The summed E-state index contributed by atoms with van der Waals surface area (Å²) in [4.78, 5) is 47.0. The van der Waals surface area contributed by atoms with Crippen molar-refractivity contribution in [3.63, 3.8) is 0 Å². The average Bonchev–Trinajstić information content (AvgIpc) is 3.24. The lowest BCUT2D eigenvalue weighted by Gasteiger charge is -2.32. The molecule has 0 bridgehead atoms. The van der Waals surface area contributed by atoms with E-state index in [1.165, 1.54) is 12.4 Å². The summed E-state index contributed by atoms with van der Waals surface area (Å²) < 4.78 is 0. The van der Waals surface area contributed by atoms with Crippen molar-refractivity contribution in [3.05, 3.63) is 18.1 Å². The summed E-state index contributed by atoms with van der Waals surface area (Å²) in [6.07, 6.45) is 8.11. The van der Waals surface area contributed by atoms with E-state index in [-0.39, 0.29) is 41.3 Å². The second-order valence-corrected chi connectivity index (χ2v) is 7.29. The molecule has 9 nitrogen and oxygen atoms in total. The van der Waals surface area contributed by atoms with Gasteiger partial charge in [0.15, 0.2) is 11.5 Å². The normalized spacial score (nSPS) is 18.0. The number of carbonyl (C=O) groups is 3. The van der Waals surface area contributed by atoms with E-state index in [2.05, 4.69) is 25.9 Å². The summed E-state index contributed by atoms with van der Waals surface area (Å²) in [7, 11) is 0. The number of nitrogens with zero attached hydrogens (tertiary/aromatic N) is 3. The van der Waals surface area contributed by atoms with Crippen molar-refractivity contribution in [3.8, 4) is 0 Å². The highest BCUT2D eigenvalue weighted by atomic mass is 16.2. The quantitative estimate of drug-likeness (QED) is 0.707. The van der Waals surface area contributed by atoms with Crippen molar-refractivity contribution < 1.29 is 14.4 Å². The topological polar surface area (TPSA) is 116 Å². The Morgan fingerprint density at radius 1 is 1.07 bits per heavy atom. The number of nitrogens with one attached hydrogen (secondary N) is 3. The zero-order valence-corrected chi connectivity index (χ0v) is 16.2. The lowest BCUT2D eigenvalue weighted by molar-refractivity contribution is -0.119. The van der Waals surface area contributed by atoms with Gasteiger partial charge in [0.2, 0.25) is 5.91 Å². The highest BCUT2D eigenvalue weighted by molar-refractivity contribution is 6.01. The van der Waals surface area contributed by atoms with Gasteiger partial charge in [0.25, 0.3) is 5.91 Å². The fourth-order valence-corrected chi connectivity index (χ4v) is 3.75. The standard InChI is InChI=1S/C19H28N6O3/c1-2-20-19(28)25-11-7-14(8-12-25)23-18(27)15-16(22-10-9-21-15)24-17(26)13-5-3-4-6-13/h9-10,13-14H,2-8,11-12H2,1H3,(H,20,28)(H,23,27)(H,22,24,26). The first-order chi connectivity index (χ1) is 13.6.